The van der Waals surface area contributed by atoms with E-state index in [-0.39, 0.29) is 0 Å². The Morgan fingerprint density at radius 1 is 1.44 bits per heavy atom. The standard InChI is InChI=1S/C7H15NO/c1-6-5-9-4-3-8-7(6)2/h6-8H,3-5H2,1-2H3/t6-,7?/m1/s1. The summed E-state index contributed by atoms with van der Waals surface area (Å²) in [6.45, 7) is 7.21. The van der Waals surface area contributed by atoms with Gasteiger partial charge in [0.25, 0.3) is 0 Å². The Morgan fingerprint density at radius 2 is 2.22 bits per heavy atom. The molecule has 0 radical (unpaired) electrons. The van der Waals surface area contributed by atoms with E-state index in [9.17, 15) is 0 Å². The number of hydrogen-bond acceptors (Lipinski definition) is 2. The van der Waals surface area contributed by atoms with Crippen LogP contribution in [0, 0.1) is 5.92 Å². The maximum Gasteiger partial charge on any atom is 0.0591 e. The molecular formula is C7H15NO. The fraction of sp³-hybridized carbons (Fsp3) is 1.00. The monoisotopic (exact) mass is 129 g/mol. The van der Waals surface area contributed by atoms with Crippen molar-refractivity contribution in [2.75, 3.05) is 19.8 Å². The lowest BCUT2D eigenvalue weighted by Gasteiger charge is -2.15. The van der Waals surface area contributed by atoms with E-state index in [1.807, 2.05) is 0 Å². The van der Waals surface area contributed by atoms with Gasteiger partial charge in [0.15, 0.2) is 0 Å². The Labute approximate surface area is 56.6 Å². The molecule has 2 atom stereocenters. The summed E-state index contributed by atoms with van der Waals surface area (Å²) in [7, 11) is 0. The molecule has 0 saturated carbocycles. The first kappa shape index (κ1) is 7.03. The van der Waals surface area contributed by atoms with Gasteiger partial charge in [-0.1, -0.05) is 6.92 Å². The van der Waals surface area contributed by atoms with Crippen LogP contribution in [0.1, 0.15) is 13.8 Å². The smallest absolute Gasteiger partial charge is 0.0591 e. The van der Waals surface area contributed by atoms with E-state index in [0.717, 1.165) is 19.8 Å². The van der Waals surface area contributed by atoms with Gasteiger partial charge < -0.3 is 10.1 Å². The van der Waals surface area contributed by atoms with Gasteiger partial charge in [-0.15, -0.1) is 0 Å². The topological polar surface area (TPSA) is 21.3 Å². The highest BCUT2D eigenvalue weighted by Gasteiger charge is 2.13. The number of ether oxygens (including phenoxy) is 1. The molecule has 9 heavy (non-hydrogen) atoms. The van der Waals surface area contributed by atoms with E-state index in [1.165, 1.54) is 0 Å². The van der Waals surface area contributed by atoms with Crippen LogP contribution in [0.2, 0.25) is 0 Å². The van der Waals surface area contributed by atoms with E-state index in [4.69, 9.17) is 4.74 Å². The molecule has 1 unspecified atom stereocenters. The first-order valence-corrected chi connectivity index (χ1v) is 3.62. The predicted molar refractivity (Wildman–Crippen MR) is 37.4 cm³/mol. The Balaban J connectivity index is 2.32. The maximum absolute atomic E-state index is 5.31. The van der Waals surface area contributed by atoms with Crippen molar-refractivity contribution in [2.24, 2.45) is 5.92 Å². The molecule has 0 amide bonds. The SMILES string of the molecule is CC1NCCOC[C@H]1C. The molecule has 1 fully saturated rings. The van der Waals surface area contributed by atoms with E-state index < -0.39 is 0 Å². The third-order valence-corrected chi connectivity index (χ3v) is 1.95. The molecule has 1 N–H and O–H groups in total. The average Bonchev–Trinajstić information content (AvgIpc) is 1.99. The molecule has 1 rings (SSSR count). The first-order chi connectivity index (χ1) is 4.30. The van der Waals surface area contributed by atoms with Crippen LogP contribution in [-0.2, 0) is 4.74 Å². The summed E-state index contributed by atoms with van der Waals surface area (Å²) < 4.78 is 5.31. The minimum absolute atomic E-state index is 0.618. The molecule has 1 aliphatic rings. The van der Waals surface area contributed by atoms with Crippen LogP contribution in [0.25, 0.3) is 0 Å². The van der Waals surface area contributed by atoms with Crippen LogP contribution < -0.4 is 5.32 Å². The predicted octanol–water partition coefficient (Wildman–Crippen LogP) is 0.631. The lowest BCUT2D eigenvalue weighted by Crippen LogP contribution is -2.31. The minimum atomic E-state index is 0.618. The van der Waals surface area contributed by atoms with E-state index in [2.05, 4.69) is 19.2 Å². The van der Waals surface area contributed by atoms with Crippen LogP contribution in [0.5, 0.6) is 0 Å². The molecular weight excluding hydrogens is 114 g/mol. The Morgan fingerprint density at radius 3 is 3.00 bits per heavy atom. The zero-order chi connectivity index (χ0) is 6.69. The van der Waals surface area contributed by atoms with Gasteiger partial charge in [0.2, 0.25) is 0 Å². The third-order valence-electron chi connectivity index (χ3n) is 1.95. The van der Waals surface area contributed by atoms with Crippen LogP contribution >= 0.6 is 0 Å². The molecule has 2 heteroatoms. The summed E-state index contributed by atoms with van der Waals surface area (Å²) in [6, 6.07) is 0.618. The van der Waals surface area contributed by atoms with Crippen molar-refractivity contribution in [3.8, 4) is 0 Å². The molecule has 0 spiro atoms. The largest absolute Gasteiger partial charge is 0.380 e. The number of hydrogen-bond donors (Lipinski definition) is 1. The molecule has 0 bridgehead atoms. The van der Waals surface area contributed by atoms with Gasteiger partial charge >= 0.3 is 0 Å². The van der Waals surface area contributed by atoms with Gasteiger partial charge in [-0.3, -0.25) is 0 Å². The van der Waals surface area contributed by atoms with Crippen molar-refractivity contribution < 1.29 is 4.74 Å². The maximum atomic E-state index is 5.31. The highest BCUT2D eigenvalue weighted by molar-refractivity contribution is 4.70. The Kier molecular flexibility index (Phi) is 2.49. The van der Waals surface area contributed by atoms with E-state index >= 15 is 0 Å². The summed E-state index contributed by atoms with van der Waals surface area (Å²) in [5.41, 5.74) is 0. The molecule has 0 aromatic heterocycles. The molecule has 1 saturated heterocycles. The van der Waals surface area contributed by atoms with Crippen LogP contribution in [0.3, 0.4) is 0 Å². The van der Waals surface area contributed by atoms with Crippen molar-refractivity contribution in [3.05, 3.63) is 0 Å². The van der Waals surface area contributed by atoms with E-state index in [1.54, 1.807) is 0 Å². The van der Waals surface area contributed by atoms with E-state index in [0.29, 0.717) is 12.0 Å². The van der Waals surface area contributed by atoms with Gasteiger partial charge in [-0.05, 0) is 12.8 Å². The molecule has 0 aromatic rings. The minimum Gasteiger partial charge on any atom is -0.380 e. The molecule has 1 heterocycles. The lowest BCUT2D eigenvalue weighted by atomic mass is 10.1. The molecule has 0 aliphatic carbocycles. The van der Waals surface area contributed by atoms with Gasteiger partial charge in [-0.25, -0.2) is 0 Å². The highest BCUT2D eigenvalue weighted by atomic mass is 16.5. The van der Waals surface area contributed by atoms with Gasteiger partial charge in [0.1, 0.15) is 0 Å². The fourth-order valence-corrected chi connectivity index (χ4v) is 0.974. The molecule has 2 nitrogen and oxygen atoms in total. The summed E-state index contributed by atoms with van der Waals surface area (Å²) >= 11 is 0. The number of rotatable bonds is 0. The fourth-order valence-electron chi connectivity index (χ4n) is 0.974. The summed E-state index contributed by atoms with van der Waals surface area (Å²) in [4.78, 5) is 0. The first-order valence-electron chi connectivity index (χ1n) is 3.62. The van der Waals surface area contributed by atoms with Crippen LogP contribution in [0.15, 0.2) is 0 Å². The van der Waals surface area contributed by atoms with Crippen molar-refractivity contribution in [2.45, 2.75) is 19.9 Å². The zero-order valence-electron chi connectivity index (χ0n) is 6.18. The van der Waals surface area contributed by atoms with Crippen molar-refractivity contribution in [1.29, 1.82) is 0 Å². The van der Waals surface area contributed by atoms with Crippen LogP contribution in [0.4, 0.5) is 0 Å². The van der Waals surface area contributed by atoms with Crippen LogP contribution in [-0.4, -0.2) is 25.8 Å². The van der Waals surface area contributed by atoms with Gasteiger partial charge in [-0.2, -0.15) is 0 Å². The number of nitrogens with one attached hydrogen (secondary N) is 1. The third kappa shape index (κ3) is 1.95. The highest BCUT2D eigenvalue weighted by Crippen LogP contribution is 2.04. The molecule has 1 aliphatic heterocycles. The Hall–Kier alpha value is -0.0800. The normalized spacial score (nSPS) is 38.0. The summed E-state index contributed by atoms with van der Waals surface area (Å²) in [5, 5.41) is 3.37. The second kappa shape index (κ2) is 3.18. The summed E-state index contributed by atoms with van der Waals surface area (Å²) in [5.74, 6) is 0.660. The Bertz CT molecular complexity index is 75.0. The van der Waals surface area contributed by atoms with Gasteiger partial charge in [0.05, 0.1) is 13.2 Å². The summed E-state index contributed by atoms with van der Waals surface area (Å²) in [6.07, 6.45) is 0. The average molecular weight is 129 g/mol. The van der Waals surface area contributed by atoms with Crippen molar-refractivity contribution in [3.63, 3.8) is 0 Å². The second-order valence-corrected chi connectivity index (χ2v) is 2.79. The lowest BCUT2D eigenvalue weighted by molar-refractivity contribution is 0.124. The van der Waals surface area contributed by atoms with Crippen molar-refractivity contribution >= 4 is 0 Å². The molecule has 54 valence electrons. The second-order valence-electron chi connectivity index (χ2n) is 2.79. The zero-order valence-corrected chi connectivity index (χ0v) is 6.18. The quantitative estimate of drug-likeness (QED) is 0.518. The molecule has 0 aromatic carbocycles. The van der Waals surface area contributed by atoms with Crippen molar-refractivity contribution in [1.82, 2.24) is 5.32 Å². The van der Waals surface area contributed by atoms with Gasteiger partial charge in [0, 0.05) is 12.6 Å².